The number of hydrogen-bond donors (Lipinski definition) is 1. The maximum Gasteiger partial charge on any atom is 0.269 e. The summed E-state index contributed by atoms with van der Waals surface area (Å²) in [6, 6.07) is 1.84. The monoisotopic (exact) mass is 229 g/mol. The highest BCUT2D eigenvalue weighted by molar-refractivity contribution is 6.17. The second-order valence-corrected chi connectivity index (χ2v) is 3.92. The first kappa shape index (κ1) is 12.0. The Morgan fingerprint density at radius 3 is 3.00 bits per heavy atom. The first-order valence-corrected chi connectivity index (χ1v) is 5.53. The summed E-state index contributed by atoms with van der Waals surface area (Å²) in [5.74, 6) is 0.545. The summed E-state index contributed by atoms with van der Waals surface area (Å²) in [4.78, 5) is 11.7. The van der Waals surface area contributed by atoms with Crippen LogP contribution in [0.3, 0.4) is 0 Å². The normalized spacial score (nSPS) is 12.5. The predicted octanol–water partition coefficient (Wildman–Crippen LogP) is 1.56. The van der Waals surface area contributed by atoms with Crippen molar-refractivity contribution >= 4 is 17.5 Å². The zero-order chi connectivity index (χ0) is 11.3. The van der Waals surface area contributed by atoms with Crippen molar-refractivity contribution in [1.82, 2.24) is 15.1 Å². The van der Waals surface area contributed by atoms with Crippen LogP contribution in [0.2, 0.25) is 0 Å². The van der Waals surface area contributed by atoms with E-state index in [1.54, 1.807) is 24.0 Å². The van der Waals surface area contributed by atoms with E-state index in [4.69, 9.17) is 11.6 Å². The van der Waals surface area contributed by atoms with Crippen LogP contribution in [0.25, 0.3) is 0 Å². The molecule has 1 aromatic rings. The molecule has 0 aliphatic heterocycles. The van der Waals surface area contributed by atoms with Gasteiger partial charge in [-0.05, 0) is 25.8 Å². The molecular formula is C10H16ClN3O. The second kappa shape index (κ2) is 5.75. The van der Waals surface area contributed by atoms with Gasteiger partial charge in [-0.3, -0.25) is 9.48 Å². The van der Waals surface area contributed by atoms with Crippen LogP contribution in [0.4, 0.5) is 0 Å². The lowest BCUT2D eigenvalue weighted by Gasteiger charge is -2.12. The molecule has 1 heterocycles. The van der Waals surface area contributed by atoms with Crippen molar-refractivity contribution < 1.29 is 4.79 Å². The zero-order valence-electron chi connectivity index (χ0n) is 9.03. The van der Waals surface area contributed by atoms with Gasteiger partial charge < -0.3 is 5.32 Å². The van der Waals surface area contributed by atoms with E-state index in [2.05, 4.69) is 10.4 Å². The van der Waals surface area contributed by atoms with Gasteiger partial charge in [0.15, 0.2) is 0 Å². The Kier molecular flexibility index (Phi) is 4.62. The molecule has 0 fully saturated rings. The smallest absolute Gasteiger partial charge is 0.269 e. The van der Waals surface area contributed by atoms with Gasteiger partial charge in [-0.2, -0.15) is 5.10 Å². The Morgan fingerprint density at radius 1 is 1.73 bits per heavy atom. The summed E-state index contributed by atoms with van der Waals surface area (Å²) in [5, 5.41) is 6.84. The van der Waals surface area contributed by atoms with Gasteiger partial charge in [0, 0.05) is 25.2 Å². The van der Waals surface area contributed by atoms with Crippen LogP contribution < -0.4 is 5.32 Å². The fraction of sp³-hybridized carbons (Fsp3) is 0.600. The molecule has 1 unspecified atom stereocenters. The quantitative estimate of drug-likeness (QED) is 0.779. The Labute approximate surface area is 94.6 Å². The van der Waals surface area contributed by atoms with Crippen LogP contribution in [0.1, 0.15) is 30.3 Å². The van der Waals surface area contributed by atoms with Crippen LogP contribution in [-0.4, -0.2) is 27.6 Å². The zero-order valence-corrected chi connectivity index (χ0v) is 9.79. The average Bonchev–Trinajstić information content (AvgIpc) is 2.61. The van der Waals surface area contributed by atoms with Crippen molar-refractivity contribution in [3.8, 4) is 0 Å². The molecule has 84 valence electrons. The van der Waals surface area contributed by atoms with E-state index < -0.39 is 0 Å². The Morgan fingerprint density at radius 2 is 2.47 bits per heavy atom. The molecule has 1 atom stereocenters. The Bertz CT molecular complexity index is 324. The van der Waals surface area contributed by atoms with E-state index >= 15 is 0 Å². The SMILES string of the molecule is CC(CCCCl)NC(=O)c1ccnn1C. The minimum Gasteiger partial charge on any atom is -0.348 e. The standard InChI is InChI=1S/C10H16ClN3O/c1-8(4-3-6-11)13-10(15)9-5-7-12-14(9)2/h5,7-8H,3-4,6H2,1-2H3,(H,13,15). The molecule has 0 saturated heterocycles. The molecule has 0 aromatic carbocycles. The van der Waals surface area contributed by atoms with Crippen molar-refractivity contribution in [3.63, 3.8) is 0 Å². The first-order valence-electron chi connectivity index (χ1n) is 5.00. The first-order chi connectivity index (χ1) is 7.15. The largest absolute Gasteiger partial charge is 0.348 e. The van der Waals surface area contributed by atoms with Crippen LogP contribution in [-0.2, 0) is 7.05 Å². The van der Waals surface area contributed by atoms with E-state index in [0.29, 0.717) is 11.6 Å². The number of aromatic nitrogens is 2. The highest BCUT2D eigenvalue weighted by atomic mass is 35.5. The van der Waals surface area contributed by atoms with Crippen molar-refractivity contribution in [2.45, 2.75) is 25.8 Å². The summed E-state index contributed by atoms with van der Waals surface area (Å²) in [5.41, 5.74) is 0.577. The minimum atomic E-state index is -0.0860. The lowest BCUT2D eigenvalue weighted by atomic mass is 10.2. The second-order valence-electron chi connectivity index (χ2n) is 3.55. The molecule has 1 aromatic heterocycles. The number of nitrogens with one attached hydrogen (secondary N) is 1. The van der Waals surface area contributed by atoms with E-state index in [9.17, 15) is 4.79 Å². The lowest BCUT2D eigenvalue weighted by molar-refractivity contribution is 0.0929. The highest BCUT2D eigenvalue weighted by Gasteiger charge is 2.12. The lowest BCUT2D eigenvalue weighted by Crippen LogP contribution is -2.33. The summed E-state index contributed by atoms with van der Waals surface area (Å²) < 4.78 is 1.56. The molecule has 0 radical (unpaired) electrons. The number of aryl methyl sites for hydroxylation is 1. The van der Waals surface area contributed by atoms with Crippen LogP contribution in [0.5, 0.6) is 0 Å². The average molecular weight is 230 g/mol. The van der Waals surface area contributed by atoms with Gasteiger partial charge in [-0.1, -0.05) is 0 Å². The van der Waals surface area contributed by atoms with Crippen LogP contribution in [0, 0.1) is 0 Å². The summed E-state index contributed by atoms with van der Waals surface area (Å²) in [6.07, 6.45) is 3.42. The molecule has 1 rings (SSSR count). The fourth-order valence-electron chi connectivity index (χ4n) is 1.35. The van der Waals surface area contributed by atoms with Crippen molar-refractivity contribution in [3.05, 3.63) is 18.0 Å². The minimum absolute atomic E-state index is 0.0860. The van der Waals surface area contributed by atoms with Gasteiger partial charge >= 0.3 is 0 Å². The summed E-state index contributed by atoms with van der Waals surface area (Å²) >= 11 is 5.58. The number of hydrogen-bond acceptors (Lipinski definition) is 2. The molecule has 1 amide bonds. The predicted molar refractivity (Wildman–Crippen MR) is 60.1 cm³/mol. The van der Waals surface area contributed by atoms with Gasteiger partial charge in [0.05, 0.1) is 0 Å². The highest BCUT2D eigenvalue weighted by Crippen LogP contribution is 2.01. The third-order valence-corrected chi connectivity index (χ3v) is 2.47. The molecule has 4 nitrogen and oxygen atoms in total. The number of amides is 1. The number of nitrogens with zero attached hydrogens (tertiary/aromatic N) is 2. The number of halogens is 1. The number of alkyl halides is 1. The van der Waals surface area contributed by atoms with Gasteiger partial charge in [-0.15, -0.1) is 11.6 Å². The van der Waals surface area contributed by atoms with E-state index in [1.165, 1.54) is 0 Å². The molecule has 0 aliphatic carbocycles. The molecule has 15 heavy (non-hydrogen) atoms. The van der Waals surface area contributed by atoms with Gasteiger partial charge in [-0.25, -0.2) is 0 Å². The van der Waals surface area contributed by atoms with Gasteiger partial charge in [0.2, 0.25) is 0 Å². The Hall–Kier alpha value is -1.03. The van der Waals surface area contributed by atoms with E-state index in [-0.39, 0.29) is 11.9 Å². The van der Waals surface area contributed by atoms with Crippen molar-refractivity contribution in [1.29, 1.82) is 0 Å². The van der Waals surface area contributed by atoms with Crippen molar-refractivity contribution in [2.24, 2.45) is 7.05 Å². The summed E-state index contributed by atoms with van der Waals surface area (Å²) in [7, 11) is 1.75. The number of carbonyl (C=O) groups excluding carboxylic acids is 1. The van der Waals surface area contributed by atoms with Crippen LogP contribution in [0.15, 0.2) is 12.3 Å². The van der Waals surface area contributed by atoms with Gasteiger partial charge in [0.1, 0.15) is 5.69 Å². The molecule has 1 N–H and O–H groups in total. The third kappa shape index (κ3) is 3.55. The third-order valence-electron chi connectivity index (χ3n) is 2.20. The topological polar surface area (TPSA) is 46.9 Å². The molecule has 5 heteroatoms. The molecule has 0 spiro atoms. The number of rotatable bonds is 5. The molecular weight excluding hydrogens is 214 g/mol. The maximum atomic E-state index is 11.7. The fourth-order valence-corrected chi connectivity index (χ4v) is 1.50. The molecule has 0 bridgehead atoms. The number of carbonyl (C=O) groups is 1. The van der Waals surface area contributed by atoms with Crippen molar-refractivity contribution in [2.75, 3.05) is 5.88 Å². The van der Waals surface area contributed by atoms with Crippen LogP contribution >= 0.6 is 11.6 Å². The van der Waals surface area contributed by atoms with Gasteiger partial charge in [0.25, 0.3) is 5.91 Å². The maximum absolute atomic E-state index is 11.7. The van der Waals surface area contributed by atoms with E-state index in [1.807, 2.05) is 6.92 Å². The molecule has 0 aliphatic rings. The molecule has 0 saturated carbocycles. The Balaban J connectivity index is 2.46. The van der Waals surface area contributed by atoms with E-state index in [0.717, 1.165) is 12.8 Å². The summed E-state index contributed by atoms with van der Waals surface area (Å²) in [6.45, 7) is 1.97.